The summed E-state index contributed by atoms with van der Waals surface area (Å²) < 4.78 is 5.29. The SMILES string of the molecule is COc1cc(C(=O)CCN)ccc1C(C)C. The van der Waals surface area contributed by atoms with Gasteiger partial charge in [0.15, 0.2) is 5.78 Å². The Labute approximate surface area is 96.6 Å². The molecule has 0 heterocycles. The second-order valence-electron chi connectivity index (χ2n) is 4.07. The van der Waals surface area contributed by atoms with Crippen molar-refractivity contribution < 1.29 is 9.53 Å². The largest absolute Gasteiger partial charge is 0.496 e. The highest BCUT2D eigenvalue weighted by Gasteiger charge is 2.11. The van der Waals surface area contributed by atoms with Gasteiger partial charge in [-0.1, -0.05) is 26.0 Å². The summed E-state index contributed by atoms with van der Waals surface area (Å²) in [5.41, 5.74) is 7.15. The van der Waals surface area contributed by atoms with Gasteiger partial charge in [-0.15, -0.1) is 0 Å². The van der Waals surface area contributed by atoms with Crippen molar-refractivity contribution in [1.82, 2.24) is 0 Å². The quantitative estimate of drug-likeness (QED) is 0.776. The van der Waals surface area contributed by atoms with Gasteiger partial charge in [-0.3, -0.25) is 4.79 Å². The van der Waals surface area contributed by atoms with Crippen LogP contribution in [-0.2, 0) is 0 Å². The molecule has 0 fully saturated rings. The number of Topliss-reactive ketones (excluding diaryl/α,β-unsaturated/α-hetero) is 1. The third kappa shape index (κ3) is 2.83. The molecule has 0 aliphatic carbocycles. The molecule has 0 saturated carbocycles. The van der Waals surface area contributed by atoms with E-state index in [2.05, 4.69) is 13.8 Å². The Morgan fingerprint density at radius 1 is 1.44 bits per heavy atom. The van der Waals surface area contributed by atoms with Crippen LogP contribution in [0.2, 0.25) is 0 Å². The predicted octanol–water partition coefficient (Wildman–Crippen LogP) is 2.35. The first-order valence-corrected chi connectivity index (χ1v) is 5.51. The van der Waals surface area contributed by atoms with Gasteiger partial charge in [-0.25, -0.2) is 0 Å². The zero-order chi connectivity index (χ0) is 12.1. The number of ether oxygens (including phenoxy) is 1. The van der Waals surface area contributed by atoms with Gasteiger partial charge >= 0.3 is 0 Å². The lowest BCUT2D eigenvalue weighted by Gasteiger charge is -2.12. The minimum atomic E-state index is 0.0658. The van der Waals surface area contributed by atoms with E-state index < -0.39 is 0 Å². The smallest absolute Gasteiger partial charge is 0.164 e. The molecule has 2 N–H and O–H groups in total. The van der Waals surface area contributed by atoms with E-state index in [9.17, 15) is 4.79 Å². The Morgan fingerprint density at radius 3 is 2.62 bits per heavy atom. The van der Waals surface area contributed by atoms with E-state index in [-0.39, 0.29) is 5.78 Å². The Bertz CT molecular complexity index is 372. The van der Waals surface area contributed by atoms with Crippen LogP contribution in [0.25, 0.3) is 0 Å². The summed E-state index contributed by atoms with van der Waals surface area (Å²) in [6, 6.07) is 5.59. The summed E-state index contributed by atoms with van der Waals surface area (Å²) in [4.78, 5) is 11.7. The molecule has 0 aromatic heterocycles. The standard InChI is InChI=1S/C13H19NO2/c1-9(2)11-5-4-10(8-13(11)16-3)12(15)6-7-14/h4-5,8-9H,6-7,14H2,1-3H3. The molecule has 88 valence electrons. The van der Waals surface area contributed by atoms with Gasteiger partial charge in [0, 0.05) is 12.0 Å². The fraction of sp³-hybridized carbons (Fsp3) is 0.462. The third-order valence-electron chi connectivity index (χ3n) is 2.55. The molecule has 0 atom stereocenters. The number of carbonyl (C=O) groups excluding carboxylic acids is 1. The van der Waals surface area contributed by atoms with Gasteiger partial charge in [-0.2, -0.15) is 0 Å². The van der Waals surface area contributed by atoms with E-state index in [0.717, 1.165) is 11.3 Å². The maximum absolute atomic E-state index is 11.7. The Balaban J connectivity index is 3.04. The molecule has 0 unspecified atom stereocenters. The van der Waals surface area contributed by atoms with Crippen LogP contribution in [0.3, 0.4) is 0 Å². The Morgan fingerprint density at radius 2 is 2.12 bits per heavy atom. The lowest BCUT2D eigenvalue weighted by Crippen LogP contribution is -2.08. The number of nitrogens with two attached hydrogens (primary N) is 1. The molecule has 0 saturated heterocycles. The molecule has 0 bridgehead atoms. The summed E-state index contributed by atoms with van der Waals surface area (Å²) in [6.45, 7) is 4.57. The van der Waals surface area contributed by atoms with E-state index in [4.69, 9.17) is 10.5 Å². The molecule has 1 rings (SSSR count). The van der Waals surface area contributed by atoms with Gasteiger partial charge in [0.05, 0.1) is 7.11 Å². The summed E-state index contributed by atoms with van der Waals surface area (Å²) in [5, 5.41) is 0. The number of carbonyl (C=O) groups is 1. The summed E-state index contributed by atoms with van der Waals surface area (Å²) in [6.07, 6.45) is 0.379. The molecular formula is C13H19NO2. The number of benzene rings is 1. The molecule has 0 aliphatic rings. The molecule has 0 radical (unpaired) electrons. The van der Waals surface area contributed by atoms with Crippen LogP contribution >= 0.6 is 0 Å². The van der Waals surface area contributed by atoms with Crippen LogP contribution in [-0.4, -0.2) is 19.4 Å². The highest BCUT2D eigenvalue weighted by atomic mass is 16.5. The average Bonchev–Trinajstić information content (AvgIpc) is 2.28. The summed E-state index contributed by atoms with van der Waals surface area (Å²) in [7, 11) is 1.62. The average molecular weight is 221 g/mol. The van der Waals surface area contributed by atoms with Crippen LogP contribution in [0.15, 0.2) is 18.2 Å². The van der Waals surface area contributed by atoms with Gasteiger partial charge < -0.3 is 10.5 Å². The lowest BCUT2D eigenvalue weighted by molar-refractivity contribution is 0.0985. The highest BCUT2D eigenvalue weighted by molar-refractivity contribution is 5.96. The zero-order valence-corrected chi connectivity index (χ0v) is 10.1. The molecule has 1 aromatic carbocycles. The van der Waals surface area contributed by atoms with Crippen molar-refractivity contribution in [2.24, 2.45) is 5.73 Å². The number of hydrogen-bond acceptors (Lipinski definition) is 3. The number of hydrogen-bond donors (Lipinski definition) is 1. The normalized spacial score (nSPS) is 10.6. The Hall–Kier alpha value is -1.35. The number of methoxy groups -OCH3 is 1. The molecule has 16 heavy (non-hydrogen) atoms. The van der Waals surface area contributed by atoms with Crippen LogP contribution < -0.4 is 10.5 Å². The molecule has 0 amide bonds. The molecule has 1 aromatic rings. The third-order valence-corrected chi connectivity index (χ3v) is 2.55. The van der Waals surface area contributed by atoms with E-state index in [1.807, 2.05) is 12.1 Å². The monoisotopic (exact) mass is 221 g/mol. The van der Waals surface area contributed by atoms with E-state index >= 15 is 0 Å². The first-order valence-electron chi connectivity index (χ1n) is 5.51. The minimum Gasteiger partial charge on any atom is -0.496 e. The van der Waals surface area contributed by atoms with Crippen molar-refractivity contribution in [2.75, 3.05) is 13.7 Å². The van der Waals surface area contributed by atoms with Crippen LogP contribution in [0.1, 0.15) is 42.1 Å². The summed E-state index contributed by atoms with van der Waals surface area (Å²) >= 11 is 0. The molecule has 3 nitrogen and oxygen atoms in total. The van der Waals surface area contributed by atoms with Crippen molar-refractivity contribution in [1.29, 1.82) is 0 Å². The summed E-state index contributed by atoms with van der Waals surface area (Å²) in [5.74, 6) is 1.22. The van der Waals surface area contributed by atoms with Crippen molar-refractivity contribution in [3.05, 3.63) is 29.3 Å². The predicted molar refractivity (Wildman–Crippen MR) is 65.1 cm³/mol. The van der Waals surface area contributed by atoms with Crippen LogP contribution in [0.4, 0.5) is 0 Å². The van der Waals surface area contributed by atoms with Crippen LogP contribution in [0.5, 0.6) is 5.75 Å². The molecule has 0 aliphatic heterocycles. The maximum Gasteiger partial charge on any atom is 0.164 e. The zero-order valence-electron chi connectivity index (χ0n) is 10.1. The highest BCUT2D eigenvalue weighted by Crippen LogP contribution is 2.27. The van der Waals surface area contributed by atoms with Crippen molar-refractivity contribution in [2.45, 2.75) is 26.2 Å². The van der Waals surface area contributed by atoms with Gasteiger partial charge in [-0.05, 0) is 24.1 Å². The first-order chi connectivity index (χ1) is 7.60. The number of ketones is 1. The molecular weight excluding hydrogens is 202 g/mol. The van der Waals surface area contributed by atoms with Crippen LogP contribution in [0, 0.1) is 0 Å². The van der Waals surface area contributed by atoms with Gasteiger partial charge in [0.25, 0.3) is 0 Å². The van der Waals surface area contributed by atoms with Crippen molar-refractivity contribution >= 4 is 5.78 Å². The van der Waals surface area contributed by atoms with Gasteiger partial charge in [0.2, 0.25) is 0 Å². The fourth-order valence-corrected chi connectivity index (χ4v) is 1.64. The van der Waals surface area contributed by atoms with E-state index in [0.29, 0.717) is 24.4 Å². The Kier molecular flexibility index (Phi) is 4.50. The number of rotatable bonds is 5. The topological polar surface area (TPSA) is 52.3 Å². The van der Waals surface area contributed by atoms with E-state index in [1.54, 1.807) is 13.2 Å². The lowest BCUT2D eigenvalue weighted by atomic mass is 9.98. The maximum atomic E-state index is 11.7. The van der Waals surface area contributed by atoms with E-state index in [1.165, 1.54) is 0 Å². The second-order valence-corrected chi connectivity index (χ2v) is 4.07. The van der Waals surface area contributed by atoms with Crippen molar-refractivity contribution in [3.8, 4) is 5.75 Å². The second kappa shape index (κ2) is 5.66. The first kappa shape index (κ1) is 12.7. The molecule has 3 heteroatoms. The van der Waals surface area contributed by atoms with Crippen molar-refractivity contribution in [3.63, 3.8) is 0 Å². The minimum absolute atomic E-state index is 0.0658. The van der Waals surface area contributed by atoms with Gasteiger partial charge in [0.1, 0.15) is 5.75 Å². The molecule has 0 spiro atoms. The fourth-order valence-electron chi connectivity index (χ4n) is 1.64.